The van der Waals surface area contributed by atoms with Crippen molar-refractivity contribution < 1.29 is 19.4 Å². The minimum absolute atomic E-state index is 0.607. The number of carboxylic acid groups (broad SMARTS) is 1. The van der Waals surface area contributed by atoms with Crippen LogP contribution in [0.3, 0.4) is 0 Å². The van der Waals surface area contributed by atoms with Gasteiger partial charge >= 0.3 is 5.97 Å². The standard InChI is InChI=1S/C28H26ClNO4/c1-15-14-19-17(6-5-7-20(19)29)24(22(15)26(27(31)32)34-28(2,3)4)18-8-9-21-23-16(11-13-33-21)10-12-30-25(18)23/h5-10,12,14,26H,11,13H2,1-4H3,(H,31,32). The summed E-state index contributed by atoms with van der Waals surface area (Å²) >= 11 is 6.61. The lowest BCUT2D eigenvalue weighted by Gasteiger charge is -2.29. The number of rotatable bonds is 4. The maximum Gasteiger partial charge on any atom is 0.337 e. The molecule has 4 aromatic rings. The van der Waals surface area contributed by atoms with Crippen LogP contribution in [0.15, 0.2) is 48.7 Å². The molecule has 0 fully saturated rings. The van der Waals surface area contributed by atoms with Crippen LogP contribution in [0.5, 0.6) is 5.75 Å². The SMILES string of the molecule is Cc1cc2c(Cl)cccc2c(-c2ccc3c4c(ccnc24)CCO3)c1C(OC(C)(C)C)C(=O)O. The molecular formula is C28H26ClNO4. The highest BCUT2D eigenvalue weighted by molar-refractivity contribution is 6.36. The Morgan fingerprint density at radius 2 is 1.97 bits per heavy atom. The van der Waals surface area contributed by atoms with Crippen molar-refractivity contribution in [2.45, 2.75) is 45.8 Å². The van der Waals surface area contributed by atoms with E-state index in [0.29, 0.717) is 17.2 Å². The number of nitrogens with zero attached hydrogens (tertiary/aromatic N) is 1. The van der Waals surface area contributed by atoms with E-state index in [0.717, 1.165) is 50.5 Å². The van der Waals surface area contributed by atoms with Gasteiger partial charge in [0, 0.05) is 39.5 Å². The van der Waals surface area contributed by atoms with Crippen molar-refractivity contribution >= 4 is 39.2 Å². The first kappa shape index (κ1) is 22.6. The first-order valence-corrected chi connectivity index (χ1v) is 11.7. The average Bonchev–Trinajstić information content (AvgIpc) is 2.78. The molecule has 6 heteroatoms. The number of aryl methyl sites for hydroxylation is 1. The van der Waals surface area contributed by atoms with E-state index in [1.54, 1.807) is 6.20 Å². The summed E-state index contributed by atoms with van der Waals surface area (Å²) in [4.78, 5) is 17.3. The monoisotopic (exact) mass is 475 g/mol. The van der Waals surface area contributed by atoms with E-state index in [1.807, 2.05) is 70.2 Å². The molecule has 0 bridgehead atoms. The van der Waals surface area contributed by atoms with Crippen LogP contribution in [0.1, 0.15) is 43.6 Å². The molecule has 1 aromatic heterocycles. The lowest BCUT2D eigenvalue weighted by atomic mass is 9.85. The second-order valence-electron chi connectivity index (χ2n) is 9.67. The van der Waals surface area contributed by atoms with E-state index >= 15 is 0 Å². The molecule has 0 radical (unpaired) electrons. The molecule has 5 rings (SSSR count). The van der Waals surface area contributed by atoms with Gasteiger partial charge in [-0.15, -0.1) is 0 Å². The van der Waals surface area contributed by atoms with E-state index in [9.17, 15) is 9.90 Å². The maximum absolute atomic E-state index is 12.6. The summed E-state index contributed by atoms with van der Waals surface area (Å²) in [5.74, 6) is -0.245. The van der Waals surface area contributed by atoms with Crippen molar-refractivity contribution in [2.24, 2.45) is 0 Å². The predicted molar refractivity (Wildman–Crippen MR) is 135 cm³/mol. The van der Waals surface area contributed by atoms with Crippen molar-refractivity contribution in [2.75, 3.05) is 6.61 Å². The molecule has 34 heavy (non-hydrogen) atoms. The first-order chi connectivity index (χ1) is 16.2. The second-order valence-corrected chi connectivity index (χ2v) is 10.1. The number of aliphatic carboxylic acids is 1. The van der Waals surface area contributed by atoms with Gasteiger partial charge in [-0.05, 0) is 80.1 Å². The molecule has 1 N–H and O–H groups in total. The summed E-state index contributed by atoms with van der Waals surface area (Å²) < 4.78 is 12.0. The van der Waals surface area contributed by atoms with Gasteiger partial charge in [0.05, 0.1) is 17.7 Å². The molecule has 3 aromatic carbocycles. The van der Waals surface area contributed by atoms with Crippen LogP contribution in [0.25, 0.3) is 32.8 Å². The van der Waals surface area contributed by atoms with Crippen LogP contribution in [0.2, 0.25) is 5.02 Å². The van der Waals surface area contributed by atoms with Gasteiger partial charge in [0.15, 0.2) is 6.10 Å². The fourth-order valence-electron chi connectivity index (χ4n) is 4.86. The molecule has 1 unspecified atom stereocenters. The van der Waals surface area contributed by atoms with E-state index < -0.39 is 17.7 Å². The molecule has 0 spiro atoms. The summed E-state index contributed by atoms with van der Waals surface area (Å²) in [7, 11) is 0. The van der Waals surface area contributed by atoms with Gasteiger partial charge in [0.2, 0.25) is 0 Å². The molecule has 0 saturated carbocycles. The number of hydrogen-bond acceptors (Lipinski definition) is 4. The van der Waals surface area contributed by atoms with Crippen molar-refractivity contribution in [1.29, 1.82) is 0 Å². The lowest BCUT2D eigenvalue weighted by Crippen LogP contribution is -2.28. The number of benzene rings is 3. The third-order valence-corrected chi connectivity index (χ3v) is 6.50. The normalized spacial score (nSPS) is 14.3. The smallest absolute Gasteiger partial charge is 0.337 e. The van der Waals surface area contributed by atoms with Gasteiger partial charge in [-0.3, -0.25) is 4.98 Å². The summed E-state index contributed by atoms with van der Waals surface area (Å²) in [5.41, 5.74) is 4.30. The van der Waals surface area contributed by atoms with Crippen molar-refractivity contribution in [3.05, 3.63) is 70.4 Å². The Bertz CT molecular complexity index is 1440. The molecule has 1 aliphatic heterocycles. The van der Waals surface area contributed by atoms with E-state index in [4.69, 9.17) is 26.1 Å². The van der Waals surface area contributed by atoms with Gasteiger partial charge in [-0.1, -0.05) is 23.7 Å². The molecule has 1 aliphatic rings. The largest absolute Gasteiger partial charge is 0.493 e. The van der Waals surface area contributed by atoms with E-state index in [2.05, 4.69) is 0 Å². The minimum Gasteiger partial charge on any atom is -0.493 e. The number of fused-ring (bicyclic) bond motifs is 1. The summed E-state index contributed by atoms with van der Waals surface area (Å²) in [6, 6.07) is 13.6. The lowest BCUT2D eigenvalue weighted by molar-refractivity contribution is -0.160. The zero-order valence-corrected chi connectivity index (χ0v) is 20.4. The second kappa shape index (κ2) is 8.26. The fourth-order valence-corrected chi connectivity index (χ4v) is 5.09. The Balaban J connectivity index is 1.93. The Labute approximate surface area is 203 Å². The van der Waals surface area contributed by atoms with Crippen LogP contribution in [0, 0.1) is 6.92 Å². The highest BCUT2D eigenvalue weighted by atomic mass is 35.5. The zero-order valence-electron chi connectivity index (χ0n) is 19.6. The Kier molecular flexibility index (Phi) is 5.50. The number of hydrogen-bond donors (Lipinski definition) is 1. The molecule has 1 atom stereocenters. The zero-order chi connectivity index (χ0) is 24.2. The first-order valence-electron chi connectivity index (χ1n) is 11.3. The number of ether oxygens (including phenoxy) is 2. The average molecular weight is 476 g/mol. The van der Waals surface area contributed by atoms with E-state index in [-0.39, 0.29) is 0 Å². The third-order valence-electron chi connectivity index (χ3n) is 6.17. The van der Waals surface area contributed by atoms with Crippen molar-refractivity contribution in [3.8, 4) is 16.9 Å². The number of carbonyl (C=O) groups is 1. The van der Waals surface area contributed by atoms with Crippen LogP contribution in [0.4, 0.5) is 0 Å². The highest BCUT2D eigenvalue weighted by Crippen LogP contribution is 2.45. The number of pyridine rings is 1. The molecule has 5 nitrogen and oxygen atoms in total. The van der Waals surface area contributed by atoms with Crippen LogP contribution < -0.4 is 4.74 Å². The highest BCUT2D eigenvalue weighted by Gasteiger charge is 2.32. The third kappa shape index (κ3) is 3.79. The van der Waals surface area contributed by atoms with Gasteiger partial charge in [0.25, 0.3) is 0 Å². The maximum atomic E-state index is 12.6. The fraction of sp³-hybridized carbons (Fsp3) is 0.286. The van der Waals surface area contributed by atoms with Gasteiger partial charge in [0.1, 0.15) is 5.75 Å². The van der Waals surface area contributed by atoms with Gasteiger partial charge in [-0.25, -0.2) is 4.79 Å². The van der Waals surface area contributed by atoms with E-state index in [1.165, 1.54) is 5.56 Å². The Morgan fingerprint density at radius 3 is 2.71 bits per heavy atom. The van der Waals surface area contributed by atoms with Crippen molar-refractivity contribution in [3.63, 3.8) is 0 Å². The summed E-state index contributed by atoms with van der Waals surface area (Å²) in [6.07, 6.45) is 1.44. The predicted octanol–water partition coefficient (Wildman–Crippen LogP) is 6.89. The molecule has 2 heterocycles. The Morgan fingerprint density at radius 1 is 1.18 bits per heavy atom. The minimum atomic E-state index is -1.17. The molecule has 0 aliphatic carbocycles. The van der Waals surface area contributed by atoms with Crippen LogP contribution >= 0.6 is 11.6 Å². The Hall–Kier alpha value is -3.15. The molecule has 174 valence electrons. The number of halogens is 1. The van der Waals surface area contributed by atoms with Gasteiger partial charge < -0.3 is 14.6 Å². The van der Waals surface area contributed by atoms with Crippen LogP contribution in [-0.4, -0.2) is 28.3 Å². The van der Waals surface area contributed by atoms with Crippen molar-refractivity contribution in [1.82, 2.24) is 4.98 Å². The van der Waals surface area contributed by atoms with Gasteiger partial charge in [-0.2, -0.15) is 0 Å². The molecule has 0 saturated heterocycles. The number of carboxylic acids is 1. The summed E-state index contributed by atoms with van der Waals surface area (Å²) in [6.45, 7) is 8.11. The quantitative estimate of drug-likeness (QED) is 0.348. The summed E-state index contributed by atoms with van der Waals surface area (Å²) in [5, 5.41) is 13.6. The molecule has 0 amide bonds. The topological polar surface area (TPSA) is 68.7 Å². The van der Waals surface area contributed by atoms with Crippen LogP contribution in [-0.2, 0) is 16.0 Å². The molecular weight excluding hydrogens is 450 g/mol. The number of aromatic nitrogens is 1.